The van der Waals surface area contributed by atoms with Gasteiger partial charge in [0.15, 0.2) is 5.16 Å². The Labute approximate surface area is 262 Å². The van der Waals surface area contributed by atoms with Crippen LogP contribution >= 0.6 is 11.8 Å². The van der Waals surface area contributed by atoms with Crippen molar-refractivity contribution in [2.75, 3.05) is 19.6 Å². The Morgan fingerprint density at radius 3 is 2.43 bits per heavy atom. The van der Waals surface area contributed by atoms with Gasteiger partial charge in [0.2, 0.25) is 5.91 Å². The van der Waals surface area contributed by atoms with E-state index in [1.807, 2.05) is 66.4 Å². The molecule has 7 rings (SSSR count). The van der Waals surface area contributed by atoms with Gasteiger partial charge in [-0.1, -0.05) is 61.4 Å². The lowest BCUT2D eigenvalue weighted by Crippen LogP contribution is -2.55. The van der Waals surface area contributed by atoms with Crippen LogP contribution in [0, 0.1) is 11.3 Å². The number of esters is 1. The Morgan fingerprint density at radius 2 is 1.73 bits per heavy atom. The van der Waals surface area contributed by atoms with E-state index in [1.165, 1.54) is 19.3 Å². The molecule has 0 unspecified atom stereocenters. The Bertz CT molecular complexity index is 1590. The number of benzene rings is 2. The first-order valence-electron chi connectivity index (χ1n) is 16.1. The van der Waals surface area contributed by atoms with Crippen LogP contribution in [-0.2, 0) is 29.1 Å². The molecule has 2 aliphatic carbocycles. The molecule has 2 saturated carbocycles. The van der Waals surface area contributed by atoms with Crippen LogP contribution in [-0.4, -0.2) is 56.1 Å². The summed E-state index contributed by atoms with van der Waals surface area (Å²) in [6.45, 7) is 4.99. The lowest BCUT2D eigenvalue weighted by Gasteiger charge is -2.41. The molecule has 0 bridgehead atoms. The second-order valence-electron chi connectivity index (χ2n) is 13.2. The molecule has 1 aromatic heterocycles. The predicted molar refractivity (Wildman–Crippen MR) is 170 cm³/mol. The van der Waals surface area contributed by atoms with Crippen LogP contribution in [0.4, 0.5) is 0 Å². The third-order valence-corrected chi connectivity index (χ3v) is 11.0. The molecule has 8 nitrogen and oxygen atoms in total. The molecule has 0 spiro atoms. The average molecular weight is 613 g/mol. The van der Waals surface area contributed by atoms with Crippen molar-refractivity contribution in [2.24, 2.45) is 11.3 Å². The average Bonchev–Trinajstić information content (AvgIpc) is 3.79. The van der Waals surface area contributed by atoms with E-state index in [4.69, 9.17) is 9.72 Å². The number of para-hydroxylation sites is 1. The highest BCUT2D eigenvalue weighted by Crippen LogP contribution is 2.46. The quantitative estimate of drug-likeness (QED) is 0.192. The summed E-state index contributed by atoms with van der Waals surface area (Å²) in [4.78, 5) is 49.0. The van der Waals surface area contributed by atoms with Crippen molar-refractivity contribution in [3.05, 3.63) is 81.8 Å². The Hall–Kier alpha value is -3.43. The van der Waals surface area contributed by atoms with Gasteiger partial charge in [0.05, 0.1) is 34.8 Å². The molecule has 3 fully saturated rings. The van der Waals surface area contributed by atoms with Crippen molar-refractivity contribution in [3.63, 3.8) is 0 Å². The maximum absolute atomic E-state index is 14.0. The second-order valence-corrected chi connectivity index (χ2v) is 14.4. The van der Waals surface area contributed by atoms with Crippen molar-refractivity contribution in [3.8, 4) is 11.4 Å². The Morgan fingerprint density at radius 1 is 1.00 bits per heavy atom. The number of carbonyl (C=O) groups excluding carboxylic acids is 2. The van der Waals surface area contributed by atoms with Crippen LogP contribution in [0.1, 0.15) is 68.7 Å². The fourth-order valence-corrected chi connectivity index (χ4v) is 7.84. The Balaban J connectivity index is 0.992. The summed E-state index contributed by atoms with van der Waals surface area (Å²) in [5, 5.41) is 1.27. The molecular formula is C35H40N4O4S. The molecule has 230 valence electrons. The van der Waals surface area contributed by atoms with E-state index in [0.717, 1.165) is 54.3 Å². The van der Waals surface area contributed by atoms with Crippen molar-refractivity contribution in [1.29, 1.82) is 0 Å². The van der Waals surface area contributed by atoms with E-state index >= 15 is 0 Å². The highest BCUT2D eigenvalue weighted by Gasteiger charge is 2.46. The van der Waals surface area contributed by atoms with Gasteiger partial charge < -0.3 is 9.64 Å². The molecule has 3 heterocycles. The summed E-state index contributed by atoms with van der Waals surface area (Å²) in [5.74, 6) is 0.480. The summed E-state index contributed by atoms with van der Waals surface area (Å²) < 4.78 is 7.31. The van der Waals surface area contributed by atoms with Gasteiger partial charge in [-0.3, -0.25) is 23.9 Å². The molecule has 2 aromatic carbocycles. The zero-order valence-corrected chi connectivity index (χ0v) is 26.2. The molecule has 1 amide bonds. The van der Waals surface area contributed by atoms with Crippen LogP contribution in [0.5, 0.6) is 5.75 Å². The number of hydrogen-bond acceptors (Lipinski definition) is 7. The van der Waals surface area contributed by atoms with Crippen LogP contribution in [0.3, 0.4) is 0 Å². The molecule has 0 radical (unpaired) electrons. The van der Waals surface area contributed by atoms with Gasteiger partial charge >= 0.3 is 5.97 Å². The lowest BCUT2D eigenvalue weighted by atomic mass is 9.96. The number of ether oxygens (including phenoxy) is 1. The molecule has 9 heteroatoms. The van der Waals surface area contributed by atoms with Crippen molar-refractivity contribution >= 4 is 23.6 Å². The molecule has 0 atom stereocenters. The summed E-state index contributed by atoms with van der Waals surface area (Å²) in [6, 6.07) is 17.5. The number of amides is 1. The number of nitrogens with zero attached hydrogens (tertiary/aromatic N) is 4. The van der Waals surface area contributed by atoms with Crippen LogP contribution in [0.2, 0.25) is 0 Å². The maximum Gasteiger partial charge on any atom is 0.317 e. The smallest absolute Gasteiger partial charge is 0.317 e. The van der Waals surface area contributed by atoms with E-state index < -0.39 is 0 Å². The van der Waals surface area contributed by atoms with Crippen molar-refractivity contribution in [2.45, 2.75) is 81.8 Å². The standard InChI is InChI=1S/C35H40N4O4S/c1-35(17-18-35)33(42)43-27-14-12-24(13-15-27)20-37-21-25(22-37)31(40)38-19-16-30-29(23-38)32(41)39(26-8-4-2-5-9-26)34(36-30)44-28-10-6-3-7-11-28/h2,4-5,8-9,12-15,25,28H,3,6-7,10-11,16-23H2,1H3. The van der Waals surface area contributed by atoms with E-state index in [-0.39, 0.29) is 28.8 Å². The SMILES string of the molecule is CC1(C(=O)Oc2ccc(CN3CC(C(=O)N4CCc5nc(SC6CCCCC6)n(-c6ccccc6)c(=O)c5C4)C3)cc2)CC1. The summed E-state index contributed by atoms with van der Waals surface area (Å²) in [7, 11) is 0. The molecule has 1 saturated heterocycles. The fraction of sp³-hybridized carbons (Fsp3) is 0.486. The lowest BCUT2D eigenvalue weighted by molar-refractivity contribution is -0.142. The minimum Gasteiger partial charge on any atom is -0.426 e. The molecular weight excluding hydrogens is 572 g/mol. The third kappa shape index (κ3) is 6.09. The fourth-order valence-electron chi connectivity index (χ4n) is 6.51. The molecule has 44 heavy (non-hydrogen) atoms. The van der Waals surface area contributed by atoms with Gasteiger partial charge in [0.25, 0.3) is 5.56 Å². The third-order valence-electron chi connectivity index (χ3n) is 9.69. The molecule has 3 aromatic rings. The normalized spacial score (nSPS) is 20.1. The summed E-state index contributed by atoms with van der Waals surface area (Å²) in [6.07, 6.45) is 8.47. The predicted octanol–water partition coefficient (Wildman–Crippen LogP) is 5.38. The van der Waals surface area contributed by atoms with E-state index in [9.17, 15) is 14.4 Å². The number of rotatable bonds is 8. The number of aromatic nitrogens is 2. The van der Waals surface area contributed by atoms with Crippen LogP contribution in [0.15, 0.2) is 64.5 Å². The first-order chi connectivity index (χ1) is 21.4. The second kappa shape index (κ2) is 12.2. The minimum atomic E-state index is -0.306. The maximum atomic E-state index is 14.0. The highest BCUT2D eigenvalue weighted by molar-refractivity contribution is 7.99. The zero-order chi connectivity index (χ0) is 30.3. The number of carbonyl (C=O) groups is 2. The molecule has 4 aliphatic rings. The number of likely N-dealkylation sites (tertiary alicyclic amines) is 1. The van der Waals surface area contributed by atoms with Gasteiger partial charge in [0, 0.05) is 37.8 Å². The first kappa shape index (κ1) is 29.3. The molecule has 0 N–H and O–H groups in total. The van der Waals surface area contributed by atoms with Crippen molar-refractivity contribution < 1.29 is 14.3 Å². The van der Waals surface area contributed by atoms with Gasteiger partial charge in [-0.25, -0.2) is 4.98 Å². The monoisotopic (exact) mass is 612 g/mol. The largest absolute Gasteiger partial charge is 0.426 e. The van der Waals surface area contributed by atoms with Gasteiger partial charge in [-0.15, -0.1) is 0 Å². The molecule has 2 aliphatic heterocycles. The zero-order valence-electron chi connectivity index (χ0n) is 25.4. The highest BCUT2D eigenvalue weighted by atomic mass is 32.2. The van der Waals surface area contributed by atoms with Crippen molar-refractivity contribution in [1.82, 2.24) is 19.4 Å². The van der Waals surface area contributed by atoms with Crippen LogP contribution < -0.4 is 10.3 Å². The van der Waals surface area contributed by atoms with Gasteiger partial charge in [-0.05, 0) is 62.4 Å². The van der Waals surface area contributed by atoms with Gasteiger partial charge in [0.1, 0.15) is 5.75 Å². The number of thioether (sulfide) groups is 1. The van der Waals surface area contributed by atoms with Crippen LogP contribution in [0.25, 0.3) is 5.69 Å². The number of fused-ring (bicyclic) bond motifs is 1. The van der Waals surface area contributed by atoms with E-state index in [2.05, 4.69) is 4.90 Å². The summed E-state index contributed by atoms with van der Waals surface area (Å²) >= 11 is 1.75. The topological polar surface area (TPSA) is 84.7 Å². The summed E-state index contributed by atoms with van der Waals surface area (Å²) in [5.41, 5.74) is 3.09. The van der Waals surface area contributed by atoms with E-state index in [0.29, 0.717) is 49.2 Å². The van der Waals surface area contributed by atoms with E-state index in [1.54, 1.807) is 16.3 Å². The number of hydrogen-bond donors (Lipinski definition) is 0. The minimum absolute atomic E-state index is 0.0485. The first-order valence-corrected chi connectivity index (χ1v) is 16.9. The van der Waals surface area contributed by atoms with Gasteiger partial charge in [-0.2, -0.15) is 0 Å². The Kier molecular flexibility index (Phi) is 8.10.